The van der Waals surface area contributed by atoms with Gasteiger partial charge in [-0.05, 0) is 25.8 Å². The zero-order chi connectivity index (χ0) is 13.2. The van der Waals surface area contributed by atoms with Gasteiger partial charge < -0.3 is 4.74 Å². The van der Waals surface area contributed by atoms with Gasteiger partial charge in [0.1, 0.15) is 11.5 Å². The minimum absolute atomic E-state index is 0.102. The molecule has 0 amide bonds. The first-order chi connectivity index (χ1) is 8.55. The Labute approximate surface area is 109 Å². The SMILES string of the molecule is COc1ccc(C)cc1CC(=O)C1(C)CCCC1. The van der Waals surface area contributed by atoms with Gasteiger partial charge in [-0.1, -0.05) is 37.5 Å². The van der Waals surface area contributed by atoms with E-state index in [9.17, 15) is 4.79 Å². The lowest BCUT2D eigenvalue weighted by atomic mass is 9.81. The number of carbonyl (C=O) groups is 1. The van der Waals surface area contributed by atoms with E-state index in [1.165, 1.54) is 18.4 Å². The fourth-order valence-electron chi connectivity index (χ4n) is 2.87. The summed E-state index contributed by atoms with van der Waals surface area (Å²) < 4.78 is 5.34. The van der Waals surface area contributed by atoms with Crippen LogP contribution in [0.5, 0.6) is 5.75 Å². The average Bonchev–Trinajstić information content (AvgIpc) is 2.78. The summed E-state index contributed by atoms with van der Waals surface area (Å²) in [7, 11) is 1.66. The molecule has 0 bridgehead atoms. The van der Waals surface area contributed by atoms with Gasteiger partial charge in [-0.2, -0.15) is 0 Å². The van der Waals surface area contributed by atoms with Gasteiger partial charge in [-0.3, -0.25) is 4.79 Å². The number of carbonyl (C=O) groups excluding carboxylic acids is 1. The van der Waals surface area contributed by atoms with Crippen LogP contribution in [0.4, 0.5) is 0 Å². The quantitative estimate of drug-likeness (QED) is 0.809. The van der Waals surface area contributed by atoms with Gasteiger partial charge in [0.25, 0.3) is 0 Å². The van der Waals surface area contributed by atoms with Gasteiger partial charge in [0.05, 0.1) is 7.11 Å². The Kier molecular flexibility index (Phi) is 3.74. The maximum absolute atomic E-state index is 12.5. The molecule has 1 aliphatic carbocycles. The van der Waals surface area contributed by atoms with E-state index in [2.05, 4.69) is 13.0 Å². The molecule has 0 N–H and O–H groups in total. The summed E-state index contributed by atoms with van der Waals surface area (Å²) in [6.45, 7) is 4.16. The molecule has 1 aromatic rings. The molecule has 18 heavy (non-hydrogen) atoms. The van der Waals surface area contributed by atoms with Crippen molar-refractivity contribution in [2.24, 2.45) is 5.41 Å². The number of aryl methyl sites for hydroxylation is 1. The smallest absolute Gasteiger partial charge is 0.143 e. The summed E-state index contributed by atoms with van der Waals surface area (Å²) in [6, 6.07) is 6.04. The lowest BCUT2D eigenvalue weighted by Gasteiger charge is -2.22. The van der Waals surface area contributed by atoms with Crippen molar-refractivity contribution in [3.05, 3.63) is 29.3 Å². The fraction of sp³-hybridized carbons (Fsp3) is 0.562. The molecule has 0 heterocycles. The molecule has 1 aliphatic rings. The normalized spacial score (nSPS) is 17.7. The molecule has 1 fully saturated rings. The Balaban J connectivity index is 2.18. The molecule has 1 aromatic carbocycles. The third-order valence-electron chi connectivity index (χ3n) is 4.17. The van der Waals surface area contributed by atoms with Crippen LogP contribution in [0.3, 0.4) is 0 Å². The molecule has 0 unspecified atom stereocenters. The van der Waals surface area contributed by atoms with E-state index in [0.29, 0.717) is 12.2 Å². The van der Waals surface area contributed by atoms with Crippen LogP contribution in [0, 0.1) is 12.3 Å². The average molecular weight is 246 g/mol. The Morgan fingerprint density at radius 1 is 1.33 bits per heavy atom. The lowest BCUT2D eigenvalue weighted by molar-refractivity contribution is -0.126. The molecule has 1 saturated carbocycles. The highest BCUT2D eigenvalue weighted by molar-refractivity contribution is 5.87. The number of hydrogen-bond acceptors (Lipinski definition) is 2. The Bertz CT molecular complexity index is 442. The molecule has 98 valence electrons. The zero-order valence-electron chi connectivity index (χ0n) is 11.6. The highest BCUT2D eigenvalue weighted by Crippen LogP contribution is 2.39. The molecule has 0 atom stereocenters. The number of benzene rings is 1. The van der Waals surface area contributed by atoms with Crippen molar-refractivity contribution < 1.29 is 9.53 Å². The van der Waals surface area contributed by atoms with Crippen LogP contribution in [0.2, 0.25) is 0 Å². The van der Waals surface area contributed by atoms with Crippen molar-refractivity contribution in [3.8, 4) is 5.75 Å². The molecule has 2 rings (SSSR count). The van der Waals surface area contributed by atoms with E-state index in [0.717, 1.165) is 24.2 Å². The van der Waals surface area contributed by atoms with Crippen molar-refractivity contribution in [3.63, 3.8) is 0 Å². The first kappa shape index (κ1) is 13.1. The molecule has 0 radical (unpaired) electrons. The second-order valence-electron chi connectivity index (χ2n) is 5.68. The molecular formula is C16H22O2. The first-order valence-electron chi connectivity index (χ1n) is 6.72. The number of ether oxygens (including phenoxy) is 1. The molecule has 0 saturated heterocycles. The Morgan fingerprint density at radius 2 is 2.00 bits per heavy atom. The predicted octanol–water partition coefficient (Wildman–Crippen LogP) is 3.70. The topological polar surface area (TPSA) is 26.3 Å². The van der Waals surface area contributed by atoms with Crippen LogP contribution in [0.1, 0.15) is 43.7 Å². The second kappa shape index (κ2) is 5.13. The van der Waals surface area contributed by atoms with E-state index < -0.39 is 0 Å². The van der Waals surface area contributed by atoms with Crippen LogP contribution >= 0.6 is 0 Å². The minimum atomic E-state index is -0.102. The number of rotatable bonds is 4. The second-order valence-corrected chi connectivity index (χ2v) is 5.68. The highest BCUT2D eigenvalue weighted by Gasteiger charge is 2.35. The van der Waals surface area contributed by atoms with Gasteiger partial charge in [-0.15, -0.1) is 0 Å². The highest BCUT2D eigenvalue weighted by atomic mass is 16.5. The van der Waals surface area contributed by atoms with E-state index in [1.54, 1.807) is 7.11 Å². The molecule has 2 nitrogen and oxygen atoms in total. The molecule has 0 spiro atoms. The van der Waals surface area contributed by atoms with Crippen LogP contribution in [-0.4, -0.2) is 12.9 Å². The summed E-state index contributed by atoms with van der Waals surface area (Å²) >= 11 is 0. The van der Waals surface area contributed by atoms with Gasteiger partial charge in [0.2, 0.25) is 0 Å². The summed E-state index contributed by atoms with van der Waals surface area (Å²) in [6.07, 6.45) is 4.96. The monoisotopic (exact) mass is 246 g/mol. The van der Waals surface area contributed by atoms with Crippen molar-refractivity contribution in [1.82, 2.24) is 0 Å². The van der Waals surface area contributed by atoms with E-state index in [1.807, 2.05) is 19.1 Å². The van der Waals surface area contributed by atoms with E-state index in [-0.39, 0.29) is 5.41 Å². The molecule has 2 heteroatoms. The van der Waals surface area contributed by atoms with E-state index in [4.69, 9.17) is 4.74 Å². The van der Waals surface area contributed by atoms with Crippen molar-refractivity contribution in [1.29, 1.82) is 0 Å². The third-order valence-corrected chi connectivity index (χ3v) is 4.17. The number of hydrogen-bond donors (Lipinski definition) is 0. The number of Topliss-reactive ketones (excluding diaryl/α,β-unsaturated/α-hetero) is 1. The maximum Gasteiger partial charge on any atom is 0.143 e. The van der Waals surface area contributed by atoms with Crippen LogP contribution in [-0.2, 0) is 11.2 Å². The van der Waals surface area contributed by atoms with Crippen molar-refractivity contribution in [2.75, 3.05) is 7.11 Å². The number of methoxy groups -OCH3 is 1. The third kappa shape index (κ3) is 2.58. The first-order valence-corrected chi connectivity index (χ1v) is 6.72. The van der Waals surface area contributed by atoms with E-state index >= 15 is 0 Å². The van der Waals surface area contributed by atoms with Gasteiger partial charge in [0, 0.05) is 17.4 Å². The van der Waals surface area contributed by atoms with Gasteiger partial charge in [-0.25, -0.2) is 0 Å². The summed E-state index contributed by atoms with van der Waals surface area (Å²) in [5.41, 5.74) is 2.10. The summed E-state index contributed by atoms with van der Waals surface area (Å²) in [5.74, 6) is 1.19. The standard InChI is InChI=1S/C16H22O2/c1-12-6-7-14(18-3)13(10-12)11-15(17)16(2)8-4-5-9-16/h6-7,10H,4-5,8-9,11H2,1-3H3. The van der Waals surface area contributed by atoms with Crippen LogP contribution in [0.15, 0.2) is 18.2 Å². The lowest BCUT2D eigenvalue weighted by Crippen LogP contribution is -2.26. The minimum Gasteiger partial charge on any atom is -0.496 e. The maximum atomic E-state index is 12.5. The van der Waals surface area contributed by atoms with Crippen LogP contribution in [0.25, 0.3) is 0 Å². The fourth-order valence-corrected chi connectivity index (χ4v) is 2.87. The summed E-state index contributed by atoms with van der Waals surface area (Å²) in [4.78, 5) is 12.5. The summed E-state index contributed by atoms with van der Waals surface area (Å²) in [5, 5.41) is 0. The van der Waals surface area contributed by atoms with Gasteiger partial charge >= 0.3 is 0 Å². The van der Waals surface area contributed by atoms with Crippen LogP contribution < -0.4 is 4.74 Å². The largest absolute Gasteiger partial charge is 0.496 e. The Morgan fingerprint density at radius 3 is 2.61 bits per heavy atom. The number of ketones is 1. The Hall–Kier alpha value is -1.31. The zero-order valence-corrected chi connectivity index (χ0v) is 11.6. The van der Waals surface area contributed by atoms with Crippen molar-refractivity contribution >= 4 is 5.78 Å². The van der Waals surface area contributed by atoms with Crippen molar-refractivity contribution in [2.45, 2.75) is 46.0 Å². The predicted molar refractivity (Wildman–Crippen MR) is 73.0 cm³/mol. The molecular weight excluding hydrogens is 224 g/mol. The molecule has 0 aliphatic heterocycles. The van der Waals surface area contributed by atoms with Gasteiger partial charge in [0.15, 0.2) is 0 Å². The molecule has 0 aromatic heterocycles.